The van der Waals surface area contributed by atoms with Gasteiger partial charge in [0.1, 0.15) is 24.5 Å². The van der Waals surface area contributed by atoms with E-state index in [4.69, 9.17) is 0 Å². The zero-order valence-corrected chi connectivity index (χ0v) is 15.1. The Morgan fingerprint density at radius 2 is 1.59 bits per heavy atom. The molecule has 3 N–H and O–H groups in total. The highest BCUT2D eigenvalue weighted by Gasteiger charge is 2.25. The van der Waals surface area contributed by atoms with Gasteiger partial charge >= 0.3 is 5.69 Å². The molecule has 1 aromatic heterocycles. The second-order valence-electron chi connectivity index (χ2n) is 6.92. The smallest absolute Gasteiger partial charge is 0.324 e. The summed E-state index contributed by atoms with van der Waals surface area (Å²) in [5.74, 6) is 0.663. The molecule has 1 unspecified atom stereocenters. The number of nitrogens with zero attached hydrogens (tertiary/aromatic N) is 1. The Balaban J connectivity index is 1.56. The first kappa shape index (κ1) is 17.3. The summed E-state index contributed by atoms with van der Waals surface area (Å²) in [6.45, 7) is 2.63. The van der Waals surface area contributed by atoms with Gasteiger partial charge in [-0.3, -0.25) is 14.3 Å². The molecule has 6 heteroatoms. The van der Waals surface area contributed by atoms with Crippen molar-refractivity contribution < 1.29 is 4.90 Å². The maximum absolute atomic E-state index is 12.4. The third kappa shape index (κ3) is 3.85. The van der Waals surface area contributed by atoms with Crippen molar-refractivity contribution in [3.8, 4) is 0 Å². The van der Waals surface area contributed by atoms with E-state index in [0.29, 0.717) is 31.1 Å². The molecule has 6 nitrogen and oxygen atoms in total. The van der Waals surface area contributed by atoms with E-state index in [0.717, 1.165) is 18.5 Å². The number of H-pyrrole nitrogens is 1. The highest BCUT2D eigenvalue weighted by Crippen LogP contribution is 2.12. The molecule has 4 rings (SSSR count). The van der Waals surface area contributed by atoms with Crippen LogP contribution < -0.4 is 21.5 Å². The second kappa shape index (κ2) is 7.63. The van der Waals surface area contributed by atoms with E-state index in [2.05, 4.69) is 22.4 Å². The zero-order valence-electron chi connectivity index (χ0n) is 15.1. The van der Waals surface area contributed by atoms with Crippen LogP contribution in [0, 0.1) is 0 Å². The van der Waals surface area contributed by atoms with E-state index in [1.807, 2.05) is 48.5 Å². The minimum atomic E-state index is -0.353. The quantitative estimate of drug-likeness (QED) is 0.626. The normalized spacial score (nSPS) is 15.8. The van der Waals surface area contributed by atoms with Crippen molar-refractivity contribution in [3.05, 3.63) is 98.2 Å². The van der Waals surface area contributed by atoms with Crippen LogP contribution in [-0.2, 0) is 26.1 Å². The summed E-state index contributed by atoms with van der Waals surface area (Å²) < 4.78 is 1.66. The molecule has 0 amide bonds. The fourth-order valence-electron chi connectivity index (χ4n) is 3.61. The average molecular weight is 363 g/mol. The molecule has 1 aliphatic heterocycles. The van der Waals surface area contributed by atoms with Crippen molar-refractivity contribution in [3.63, 3.8) is 0 Å². The molecule has 27 heavy (non-hydrogen) atoms. The van der Waals surface area contributed by atoms with Gasteiger partial charge in [0.2, 0.25) is 0 Å². The van der Waals surface area contributed by atoms with Crippen molar-refractivity contribution in [1.29, 1.82) is 0 Å². The van der Waals surface area contributed by atoms with Gasteiger partial charge in [-0.1, -0.05) is 60.7 Å². The molecule has 138 valence electrons. The van der Waals surface area contributed by atoms with E-state index < -0.39 is 0 Å². The lowest BCUT2D eigenvalue weighted by atomic mass is 10.1. The number of aromatic nitrogens is 2. The average Bonchev–Trinajstić information content (AvgIpc) is 2.70. The van der Waals surface area contributed by atoms with Gasteiger partial charge in [-0.25, -0.2) is 4.79 Å². The molecule has 1 aliphatic rings. The molecule has 0 spiro atoms. The van der Waals surface area contributed by atoms with Crippen molar-refractivity contribution in [2.24, 2.45) is 0 Å². The first-order chi connectivity index (χ1) is 13.2. The van der Waals surface area contributed by atoms with Crippen LogP contribution in [0.5, 0.6) is 0 Å². The lowest BCUT2D eigenvalue weighted by Gasteiger charge is -2.28. The number of quaternary nitrogens is 1. The Kier molecular flexibility index (Phi) is 4.89. The molecule has 2 heterocycles. The number of anilines is 1. The van der Waals surface area contributed by atoms with Crippen molar-refractivity contribution in [2.75, 3.05) is 12.0 Å². The van der Waals surface area contributed by atoms with Crippen molar-refractivity contribution >= 4 is 5.82 Å². The van der Waals surface area contributed by atoms with Crippen LogP contribution in [0.4, 0.5) is 5.82 Å². The van der Waals surface area contributed by atoms with Gasteiger partial charge < -0.3 is 10.2 Å². The minimum absolute atomic E-state index is 0.288. The molecule has 0 saturated heterocycles. The van der Waals surface area contributed by atoms with E-state index in [9.17, 15) is 9.59 Å². The number of aromatic amines is 1. The number of aryl methyl sites for hydroxylation is 1. The number of rotatable bonds is 5. The molecule has 1 atom stereocenters. The third-order valence-corrected chi connectivity index (χ3v) is 4.99. The van der Waals surface area contributed by atoms with Gasteiger partial charge in [0.15, 0.2) is 6.67 Å². The number of hydrogen-bond donors (Lipinski definition) is 3. The summed E-state index contributed by atoms with van der Waals surface area (Å²) in [4.78, 5) is 28.5. The molecule has 0 bridgehead atoms. The fourth-order valence-corrected chi connectivity index (χ4v) is 3.61. The second-order valence-corrected chi connectivity index (χ2v) is 6.92. The molecule has 0 fully saturated rings. The van der Waals surface area contributed by atoms with E-state index >= 15 is 0 Å². The lowest BCUT2D eigenvalue weighted by Crippen LogP contribution is -3.11. The summed E-state index contributed by atoms with van der Waals surface area (Å²) in [6, 6.07) is 20.3. The SMILES string of the molecule is O=c1[nH]c(=O)n(CCc2ccccc2)c2c1C[NH+](Cc1ccccc1)CN2. The summed E-state index contributed by atoms with van der Waals surface area (Å²) in [7, 11) is 0. The fraction of sp³-hybridized carbons (Fsp3) is 0.238. The predicted molar refractivity (Wildman–Crippen MR) is 105 cm³/mol. The van der Waals surface area contributed by atoms with Crippen LogP contribution in [-0.4, -0.2) is 16.2 Å². The van der Waals surface area contributed by atoms with Crippen LogP contribution in [0.25, 0.3) is 0 Å². The Bertz CT molecular complexity index is 1030. The van der Waals surface area contributed by atoms with Crippen LogP contribution >= 0.6 is 0 Å². The standard InChI is InChI=1S/C21H22N4O2/c26-20-18-14-24(13-17-9-5-2-6-10-17)15-22-19(18)25(21(27)23-20)12-11-16-7-3-1-4-8-16/h1-10,22H,11-15H2,(H,23,26,27)/p+1. The Labute approximate surface area is 157 Å². The molecule has 2 aromatic carbocycles. The first-order valence-corrected chi connectivity index (χ1v) is 9.22. The van der Waals surface area contributed by atoms with Gasteiger partial charge in [0.05, 0.1) is 0 Å². The topological polar surface area (TPSA) is 71.3 Å². The zero-order chi connectivity index (χ0) is 18.6. The molecule has 0 saturated carbocycles. The van der Waals surface area contributed by atoms with Gasteiger partial charge in [0, 0.05) is 12.1 Å². The minimum Gasteiger partial charge on any atom is -0.324 e. The largest absolute Gasteiger partial charge is 0.329 e. The van der Waals surface area contributed by atoms with Gasteiger partial charge in [-0.2, -0.15) is 0 Å². The van der Waals surface area contributed by atoms with Gasteiger partial charge in [0.25, 0.3) is 5.56 Å². The van der Waals surface area contributed by atoms with E-state index in [1.54, 1.807) is 4.57 Å². The Hall–Kier alpha value is -3.12. The van der Waals surface area contributed by atoms with Crippen molar-refractivity contribution in [2.45, 2.75) is 26.1 Å². The van der Waals surface area contributed by atoms with E-state index in [1.165, 1.54) is 10.5 Å². The third-order valence-electron chi connectivity index (χ3n) is 4.99. The molecule has 0 aliphatic carbocycles. The highest BCUT2D eigenvalue weighted by molar-refractivity contribution is 5.44. The summed E-state index contributed by atoms with van der Waals surface area (Å²) in [5, 5.41) is 3.33. The van der Waals surface area contributed by atoms with Crippen LogP contribution in [0.2, 0.25) is 0 Å². The lowest BCUT2D eigenvalue weighted by molar-refractivity contribution is -0.926. The highest BCUT2D eigenvalue weighted by atomic mass is 16.2. The van der Waals surface area contributed by atoms with Gasteiger partial charge in [-0.05, 0) is 12.0 Å². The maximum Gasteiger partial charge on any atom is 0.329 e. The molecule has 0 radical (unpaired) electrons. The molecular formula is C21H23N4O2+. The van der Waals surface area contributed by atoms with Crippen LogP contribution in [0.3, 0.4) is 0 Å². The monoisotopic (exact) mass is 363 g/mol. The Morgan fingerprint density at radius 1 is 0.926 bits per heavy atom. The number of fused-ring (bicyclic) bond motifs is 1. The molecule has 3 aromatic rings. The summed E-state index contributed by atoms with van der Waals surface area (Å²) in [5.41, 5.74) is 2.40. The first-order valence-electron chi connectivity index (χ1n) is 9.22. The predicted octanol–water partition coefficient (Wildman–Crippen LogP) is 0.747. The van der Waals surface area contributed by atoms with Crippen LogP contribution in [0.15, 0.2) is 70.3 Å². The molecular weight excluding hydrogens is 340 g/mol. The maximum atomic E-state index is 12.4. The number of nitrogens with one attached hydrogen (secondary N) is 3. The summed E-state index contributed by atoms with van der Waals surface area (Å²) >= 11 is 0. The number of hydrogen-bond acceptors (Lipinski definition) is 3. The van der Waals surface area contributed by atoms with Crippen molar-refractivity contribution in [1.82, 2.24) is 9.55 Å². The Morgan fingerprint density at radius 3 is 2.30 bits per heavy atom. The van der Waals surface area contributed by atoms with E-state index in [-0.39, 0.29) is 11.2 Å². The number of benzene rings is 2. The van der Waals surface area contributed by atoms with Crippen LogP contribution in [0.1, 0.15) is 16.7 Å². The van der Waals surface area contributed by atoms with Gasteiger partial charge in [-0.15, -0.1) is 0 Å². The summed E-state index contributed by atoms with van der Waals surface area (Å²) in [6.07, 6.45) is 0.738.